The summed E-state index contributed by atoms with van der Waals surface area (Å²) in [5.41, 5.74) is 0.686. The molecule has 0 aliphatic carbocycles. The number of carbonyl (C=O) groups is 1. The molecule has 1 aliphatic rings. The van der Waals surface area contributed by atoms with Crippen LogP contribution in [0.1, 0.15) is 29.0 Å². The van der Waals surface area contributed by atoms with Gasteiger partial charge in [-0.15, -0.1) is 10.2 Å². The van der Waals surface area contributed by atoms with Crippen molar-refractivity contribution >= 4 is 17.7 Å². The Morgan fingerprint density at radius 2 is 1.94 bits per heavy atom. The van der Waals surface area contributed by atoms with Gasteiger partial charge in [0.05, 0.1) is 26.0 Å². The molecule has 3 aromatic rings. The average Bonchev–Trinajstić information content (AvgIpc) is 3.52. The number of amides is 1. The second-order valence-corrected chi connectivity index (χ2v) is 8.66. The summed E-state index contributed by atoms with van der Waals surface area (Å²) in [4.78, 5) is 12.9. The van der Waals surface area contributed by atoms with Crippen LogP contribution in [0.5, 0.6) is 11.5 Å². The topological polar surface area (TPSA) is 87.5 Å². The maximum absolute atomic E-state index is 14.7. The van der Waals surface area contributed by atoms with Crippen LogP contribution in [0.15, 0.2) is 47.6 Å². The Bertz CT molecular complexity index is 1110. The van der Waals surface area contributed by atoms with E-state index in [2.05, 4.69) is 15.5 Å². The molecule has 0 saturated carbocycles. The molecular formula is C24H27FN4O4S. The third-order valence-electron chi connectivity index (χ3n) is 5.51. The first-order valence-electron chi connectivity index (χ1n) is 11.0. The molecule has 4 rings (SSSR count). The van der Waals surface area contributed by atoms with Crippen molar-refractivity contribution in [3.8, 4) is 17.2 Å². The number of methoxy groups -OCH3 is 2. The van der Waals surface area contributed by atoms with Crippen molar-refractivity contribution in [1.29, 1.82) is 0 Å². The number of para-hydroxylation sites is 1. The van der Waals surface area contributed by atoms with Crippen LogP contribution in [0.4, 0.5) is 4.39 Å². The van der Waals surface area contributed by atoms with Crippen molar-refractivity contribution < 1.29 is 23.4 Å². The minimum atomic E-state index is -0.370. The summed E-state index contributed by atoms with van der Waals surface area (Å²) in [5, 5.41) is 12.1. The summed E-state index contributed by atoms with van der Waals surface area (Å²) in [5.74, 6) is 1.40. The number of ether oxygens (including phenoxy) is 3. The molecule has 0 spiro atoms. The van der Waals surface area contributed by atoms with Crippen molar-refractivity contribution in [1.82, 2.24) is 20.1 Å². The summed E-state index contributed by atoms with van der Waals surface area (Å²) >= 11 is 1.49. The average molecular weight is 487 g/mol. The lowest BCUT2D eigenvalue weighted by atomic mass is 10.1. The molecule has 1 fully saturated rings. The lowest BCUT2D eigenvalue weighted by molar-refractivity contribution is 0.0947. The van der Waals surface area contributed by atoms with Gasteiger partial charge < -0.3 is 19.5 Å². The molecule has 8 nitrogen and oxygen atoms in total. The SMILES string of the molecule is COc1cccc(OC)c1C(=O)NCCc1nnc(SC[C@H]2CCCO2)n1-c1ccccc1F. The van der Waals surface area contributed by atoms with Gasteiger partial charge >= 0.3 is 0 Å². The van der Waals surface area contributed by atoms with Crippen LogP contribution in [0.3, 0.4) is 0 Å². The van der Waals surface area contributed by atoms with Crippen LogP contribution in [-0.4, -0.2) is 59.9 Å². The second kappa shape index (κ2) is 11.3. The summed E-state index contributed by atoms with van der Waals surface area (Å²) < 4.78 is 32.7. The van der Waals surface area contributed by atoms with Crippen molar-refractivity contribution in [2.24, 2.45) is 0 Å². The highest BCUT2D eigenvalue weighted by atomic mass is 32.2. The molecule has 1 saturated heterocycles. The smallest absolute Gasteiger partial charge is 0.258 e. The van der Waals surface area contributed by atoms with Gasteiger partial charge in [0.25, 0.3) is 5.91 Å². The minimum absolute atomic E-state index is 0.161. The number of aromatic nitrogens is 3. The van der Waals surface area contributed by atoms with Crippen LogP contribution in [0, 0.1) is 5.82 Å². The Morgan fingerprint density at radius 3 is 2.62 bits per heavy atom. The van der Waals surface area contributed by atoms with Gasteiger partial charge in [0.15, 0.2) is 5.16 Å². The molecule has 1 aliphatic heterocycles. The first-order valence-corrected chi connectivity index (χ1v) is 12.0. The lowest BCUT2D eigenvalue weighted by Crippen LogP contribution is -2.27. The van der Waals surface area contributed by atoms with Crippen molar-refractivity contribution in [2.75, 3.05) is 33.1 Å². The van der Waals surface area contributed by atoms with E-state index in [1.165, 1.54) is 32.0 Å². The zero-order valence-electron chi connectivity index (χ0n) is 19.1. The maximum atomic E-state index is 14.7. The number of halogens is 1. The van der Waals surface area contributed by atoms with E-state index in [-0.39, 0.29) is 24.4 Å². The second-order valence-electron chi connectivity index (χ2n) is 7.68. The zero-order valence-corrected chi connectivity index (χ0v) is 19.9. The highest BCUT2D eigenvalue weighted by molar-refractivity contribution is 7.99. The molecule has 1 aromatic heterocycles. The first kappa shape index (κ1) is 24.0. The van der Waals surface area contributed by atoms with E-state index >= 15 is 0 Å². The third kappa shape index (κ3) is 5.34. The molecule has 1 amide bonds. The van der Waals surface area contributed by atoms with Crippen LogP contribution in [0.2, 0.25) is 0 Å². The number of benzene rings is 2. The lowest BCUT2D eigenvalue weighted by Gasteiger charge is -2.14. The molecule has 1 atom stereocenters. The van der Waals surface area contributed by atoms with E-state index in [9.17, 15) is 9.18 Å². The van der Waals surface area contributed by atoms with E-state index in [4.69, 9.17) is 14.2 Å². The molecule has 0 bridgehead atoms. The number of hydrogen-bond acceptors (Lipinski definition) is 7. The van der Waals surface area contributed by atoms with Crippen LogP contribution >= 0.6 is 11.8 Å². The van der Waals surface area contributed by atoms with Crippen molar-refractivity contribution in [3.63, 3.8) is 0 Å². The molecule has 0 radical (unpaired) electrons. The van der Waals surface area contributed by atoms with Gasteiger partial charge in [-0.25, -0.2) is 4.39 Å². The van der Waals surface area contributed by atoms with Gasteiger partial charge in [-0.2, -0.15) is 0 Å². The van der Waals surface area contributed by atoms with Gasteiger partial charge in [-0.3, -0.25) is 9.36 Å². The van der Waals surface area contributed by atoms with E-state index in [0.29, 0.717) is 40.2 Å². The first-order chi connectivity index (χ1) is 16.6. The Balaban J connectivity index is 1.51. The molecule has 180 valence electrons. The molecule has 10 heteroatoms. The van der Waals surface area contributed by atoms with Gasteiger partial charge in [0, 0.05) is 25.3 Å². The van der Waals surface area contributed by atoms with Crippen molar-refractivity contribution in [3.05, 3.63) is 59.7 Å². The maximum Gasteiger partial charge on any atom is 0.258 e. The van der Waals surface area contributed by atoms with Gasteiger partial charge in [-0.1, -0.05) is 30.0 Å². The van der Waals surface area contributed by atoms with Gasteiger partial charge in [-0.05, 0) is 37.1 Å². The largest absolute Gasteiger partial charge is 0.496 e. The number of nitrogens with one attached hydrogen (secondary N) is 1. The quantitative estimate of drug-likeness (QED) is 0.438. The number of carbonyl (C=O) groups excluding carboxylic acids is 1. The Hall–Kier alpha value is -3.11. The number of nitrogens with zero attached hydrogens (tertiary/aromatic N) is 3. The summed E-state index contributed by atoms with van der Waals surface area (Å²) in [7, 11) is 3.00. The Morgan fingerprint density at radius 1 is 1.18 bits per heavy atom. The number of thioether (sulfide) groups is 1. The van der Waals surface area contributed by atoms with Crippen LogP contribution < -0.4 is 14.8 Å². The van der Waals surface area contributed by atoms with E-state index < -0.39 is 0 Å². The van der Waals surface area contributed by atoms with Crippen LogP contribution in [-0.2, 0) is 11.2 Å². The summed E-state index contributed by atoms with van der Waals surface area (Å²) in [6, 6.07) is 11.7. The molecule has 34 heavy (non-hydrogen) atoms. The third-order valence-corrected chi connectivity index (χ3v) is 6.57. The molecule has 1 N–H and O–H groups in total. The van der Waals surface area contributed by atoms with Gasteiger partial charge in [0.1, 0.15) is 28.7 Å². The summed E-state index contributed by atoms with van der Waals surface area (Å²) in [6.45, 7) is 1.04. The molecule has 2 heterocycles. The normalized spacial score (nSPS) is 15.3. The fraction of sp³-hybridized carbons (Fsp3) is 0.375. The predicted octanol–water partition coefficient (Wildman–Crippen LogP) is 3.67. The van der Waals surface area contributed by atoms with E-state index in [1.807, 2.05) is 0 Å². The highest BCUT2D eigenvalue weighted by Gasteiger charge is 2.22. The molecule has 0 unspecified atom stereocenters. The standard InChI is InChI=1S/C24H27FN4O4S/c1-31-19-10-5-11-20(32-2)22(19)23(30)26-13-12-21-27-28-24(34-15-16-7-6-14-33-16)29(21)18-9-4-3-8-17(18)25/h3-5,8-11,16H,6-7,12-15H2,1-2H3,(H,26,30)/t16-/m1/s1. The fourth-order valence-electron chi connectivity index (χ4n) is 3.83. The highest BCUT2D eigenvalue weighted by Crippen LogP contribution is 2.29. The minimum Gasteiger partial charge on any atom is -0.496 e. The molecular weight excluding hydrogens is 459 g/mol. The fourth-order valence-corrected chi connectivity index (χ4v) is 4.85. The van der Waals surface area contributed by atoms with Crippen LogP contribution in [0.25, 0.3) is 5.69 Å². The van der Waals surface area contributed by atoms with E-state index in [1.54, 1.807) is 41.0 Å². The Kier molecular flexibility index (Phi) is 8.02. The van der Waals surface area contributed by atoms with E-state index in [0.717, 1.165) is 25.2 Å². The van der Waals surface area contributed by atoms with Crippen molar-refractivity contribution in [2.45, 2.75) is 30.5 Å². The summed E-state index contributed by atoms with van der Waals surface area (Å²) in [6.07, 6.45) is 2.57. The number of rotatable bonds is 10. The Labute approximate surface area is 201 Å². The monoisotopic (exact) mass is 486 g/mol. The predicted molar refractivity (Wildman–Crippen MR) is 127 cm³/mol. The molecule has 2 aromatic carbocycles. The number of hydrogen-bond donors (Lipinski definition) is 1. The zero-order chi connectivity index (χ0) is 23.9. The van der Waals surface area contributed by atoms with Gasteiger partial charge in [0.2, 0.25) is 0 Å².